The Kier molecular flexibility index (Phi) is 5.05. The number of piperazine rings is 1. The van der Waals surface area contributed by atoms with Gasteiger partial charge in [0.05, 0.1) is 18.4 Å². The van der Waals surface area contributed by atoms with Gasteiger partial charge < -0.3 is 15.1 Å². The van der Waals surface area contributed by atoms with Crippen molar-refractivity contribution in [3.8, 4) is 0 Å². The molecule has 1 aliphatic heterocycles. The Bertz CT molecular complexity index is 666. The summed E-state index contributed by atoms with van der Waals surface area (Å²) in [5.74, 6) is 0.625. The molecule has 2 heterocycles. The molecule has 1 unspecified atom stereocenters. The first-order valence-corrected chi connectivity index (χ1v) is 8.25. The van der Waals surface area contributed by atoms with Crippen molar-refractivity contribution in [1.82, 2.24) is 20.2 Å². The fraction of sp³-hybridized carbons (Fsp3) is 0.389. The van der Waals surface area contributed by atoms with E-state index in [1.807, 2.05) is 37.3 Å². The third kappa shape index (κ3) is 3.89. The predicted molar refractivity (Wildman–Crippen MR) is 94.1 cm³/mol. The Hall–Kier alpha value is -2.47. The molecule has 1 saturated heterocycles. The van der Waals surface area contributed by atoms with Gasteiger partial charge in [-0.05, 0) is 19.5 Å². The van der Waals surface area contributed by atoms with Gasteiger partial charge in [-0.25, -0.2) is 9.97 Å². The van der Waals surface area contributed by atoms with E-state index in [0.29, 0.717) is 5.69 Å². The van der Waals surface area contributed by atoms with E-state index in [0.717, 1.165) is 37.6 Å². The SMILES string of the molecule is CC(NC(=O)c1cnc(N2CCN(C)CC2)cn1)c1ccccc1. The Morgan fingerprint density at radius 1 is 1.08 bits per heavy atom. The first kappa shape index (κ1) is 16.4. The summed E-state index contributed by atoms with van der Waals surface area (Å²) in [5.41, 5.74) is 1.41. The zero-order chi connectivity index (χ0) is 16.9. The highest BCUT2D eigenvalue weighted by atomic mass is 16.1. The molecule has 6 heteroatoms. The molecule has 2 aromatic rings. The normalized spacial score (nSPS) is 16.7. The molecule has 1 N–H and O–H groups in total. The van der Waals surface area contributed by atoms with E-state index in [2.05, 4.69) is 32.1 Å². The van der Waals surface area contributed by atoms with Crippen molar-refractivity contribution in [2.75, 3.05) is 38.1 Å². The summed E-state index contributed by atoms with van der Waals surface area (Å²) in [5, 5.41) is 2.96. The molecule has 0 bridgehead atoms. The van der Waals surface area contributed by atoms with Gasteiger partial charge in [-0.1, -0.05) is 30.3 Å². The number of nitrogens with zero attached hydrogens (tertiary/aromatic N) is 4. The smallest absolute Gasteiger partial charge is 0.271 e. The molecular weight excluding hydrogens is 302 g/mol. The summed E-state index contributed by atoms with van der Waals surface area (Å²) >= 11 is 0. The second-order valence-corrected chi connectivity index (χ2v) is 6.16. The standard InChI is InChI=1S/C18H23N5O/c1-14(15-6-4-3-5-7-15)21-18(24)16-12-20-17(13-19-16)23-10-8-22(2)9-11-23/h3-7,12-14H,8-11H2,1-2H3,(H,21,24). The molecule has 1 fully saturated rings. The third-order valence-electron chi connectivity index (χ3n) is 4.35. The second-order valence-electron chi connectivity index (χ2n) is 6.16. The Balaban J connectivity index is 1.61. The van der Waals surface area contributed by atoms with Crippen LogP contribution in [0.1, 0.15) is 29.0 Å². The number of hydrogen-bond donors (Lipinski definition) is 1. The van der Waals surface area contributed by atoms with Gasteiger partial charge in [-0.2, -0.15) is 0 Å². The van der Waals surface area contributed by atoms with E-state index in [1.54, 1.807) is 12.4 Å². The van der Waals surface area contributed by atoms with Crippen molar-refractivity contribution >= 4 is 11.7 Å². The van der Waals surface area contributed by atoms with Crippen LogP contribution in [0.25, 0.3) is 0 Å². The summed E-state index contributed by atoms with van der Waals surface area (Å²) < 4.78 is 0. The maximum atomic E-state index is 12.3. The van der Waals surface area contributed by atoms with Gasteiger partial charge in [0.2, 0.25) is 0 Å². The zero-order valence-electron chi connectivity index (χ0n) is 14.1. The van der Waals surface area contributed by atoms with E-state index in [9.17, 15) is 4.79 Å². The van der Waals surface area contributed by atoms with Crippen molar-refractivity contribution < 1.29 is 4.79 Å². The fourth-order valence-electron chi connectivity index (χ4n) is 2.73. The minimum Gasteiger partial charge on any atom is -0.353 e. The van der Waals surface area contributed by atoms with E-state index in [4.69, 9.17) is 0 Å². The van der Waals surface area contributed by atoms with Crippen LogP contribution in [0.4, 0.5) is 5.82 Å². The van der Waals surface area contributed by atoms with Gasteiger partial charge in [0, 0.05) is 26.2 Å². The van der Waals surface area contributed by atoms with E-state index >= 15 is 0 Å². The van der Waals surface area contributed by atoms with Crippen LogP contribution in [0.15, 0.2) is 42.7 Å². The van der Waals surface area contributed by atoms with E-state index in [-0.39, 0.29) is 11.9 Å². The number of carbonyl (C=O) groups excluding carboxylic acids is 1. The van der Waals surface area contributed by atoms with Crippen LogP contribution < -0.4 is 10.2 Å². The summed E-state index contributed by atoms with van der Waals surface area (Å²) in [7, 11) is 2.12. The average molecular weight is 325 g/mol. The van der Waals surface area contributed by atoms with Crippen molar-refractivity contribution in [2.24, 2.45) is 0 Å². The maximum absolute atomic E-state index is 12.3. The molecule has 1 aliphatic rings. The molecule has 24 heavy (non-hydrogen) atoms. The molecule has 0 aliphatic carbocycles. The van der Waals surface area contributed by atoms with Gasteiger partial charge in [0.15, 0.2) is 0 Å². The van der Waals surface area contributed by atoms with Gasteiger partial charge >= 0.3 is 0 Å². The number of nitrogens with one attached hydrogen (secondary N) is 1. The monoisotopic (exact) mass is 325 g/mol. The lowest BCUT2D eigenvalue weighted by atomic mass is 10.1. The van der Waals surface area contributed by atoms with Crippen molar-refractivity contribution in [2.45, 2.75) is 13.0 Å². The highest BCUT2D eigenvalue weighted by Gasteiger charge is 2.17. The van der Waals surface area contributed by atoms with Crippen molar-refractivity contribution in [1.29, 1.82) is 0 Å². The lowest BCUT2D eigenvalue weighted by Gasteiger charge is -2.32. The van der Waals surface area contributed by atoms with Crippen LogP contribution in [0.3, 0.4) is 0 Å². The quantitative estimate of drug-likeness (QED) is 0.927. The molecule has 0 radical (unpaired) electrons. The minimum absolute atomic E-state index is 0.0715. The molecule has 1 aromatic heterocycles. The summed E-state index contributed by atoms with van der Waals surface area (Å²) in [4.78, 5) is 25.5. The van der Waals surface area contributed by atoms with Crippen LogP contribution in [0.5, 0.6) is 0 Å². The maximum Gasteiger partial charge on any atom is 0.271 e. The van der Waals surface area contributed by atoms with Gasteiger partial charge in [0.1, 0.15) is 11.5 Å². The summed E-state index contributed by atoms with van der Waals surface area (Å²) in [6.45, 7) is 5.85. The van der Waals surface area contributed by atoms with E-state index in [1.165, 1.54) is 0 Å². The van der Waals surface area contributed by atoms with Crippen LogP contribution in [0.2, 0.25) is 0 Å². The molecule has 0 spiro atoms. The van der Waals surface area contributed by atoms with Crippen LogP contribution >= 0.6 is 0 Å². The number of benzene rings is 1. The topological polar surface area (TPSA) is 61.4 Å². The molecule has 126 valence electrons. The number of amides is 1. The van der Waals surface area contributed by atoms with Crippen LogP contribution in [-0.4, -0.2) is 54.0 Å². The number of rotatable bonds is 4. The molecule has 6 nitrogen and oxygen atoms in total. The van der Waals surface area contributed by atoms with E-state index < -0.39 is 0 Å². The lowest BCUT2D eigenvalue weighted by molar-refractivity contribution is 0.0934. The van der Waals surface area contributed by atoms with Gasteiger partial charge in [0.25, 0.3) is 5.91 Å². The van der Waals surface area contributed by atoms with Gasteiger partial charge in [-0.15, -0.1) is 0 Å². The molecule has 1 amide bonds. The highest BCUT2D eigenvalue weighted by Crippen LogP contribution is 2.14. The Morgan fingerprint density at radius 3 is 2.42 bits per heavy atom. The largest absolute Gasteiger partial charge is 0.353 e. The third-order valence-corrected chi connectivity index (χ3v) is 4.35. The van der Waals surface area contributed by atoms with Crippen molar-refractivity contribution in [3.05, 3.63) is 54.0 Å². The van der Waals surface area contributed by atoms with Crippen LogP contribution in [-0.2, 0) is 0 Å². The fourth-order valence-corrected chi connectivity index (χ4v) is 2.73. The lowest BCUT2D eigenvalue weighted by Crippen LogP contribution is -2.44. The first-order valence-electron chi connectivity index (χ1n) is 8.25. The number of aromatic nitrogens is 2. The van der Waals surface area contributed by atoms with Crippen molar-refractivity contribution in [3.63, 3.8) is 0 Å². The number of hydrogen-bond acceptors (Lipinski definition) is 5. The van der Waals surface area contributed by atoms with Crippen LogP contribution in [0, 0.1) is 0 Å². The molecule has 3 rings (SSSR count). The molecule has 1 aromatic carbocycles. The summed E-state index contributed by atoms with van der Waals surface area (Å²) in [6.07, 6.45) is 3.24. The Morgan fingerprint density at radius 2 is 1.79 bits per heavy atom. The Labute approximate surface area is 142 Å². The van der Waals surface area contributed by atoms with Gasteiger partial charge in [-0.3, -0.25) is 4.79 Å². The second kappa shape index (κ2) is 7.40. The predicted octanol–water partition coefficient (Wildman–Crippen LogP) is 1.72. The molecule has 1 atom stereocenters. The highest BCUT2D eigenvalue weighted by molar-refractivity contribution is 5.92. The number of likely N-dealkylation sites (N-methyl/N-ethyl adjacent to an activating group) is 1. The summed E-state index contributed by atoms with van der Waals surface area (Å²) in [6, 6.07) is 9.80. The minimum atomic E-state index is -0.205. The molecule has 0 saturated carbocycles. The zero-order valence-corrected chi connectivity index (χ0v) is 14.1. The number of anilines is 1. The first-order chi connectivity index (χ1) is 11.6. The number of carbonyl (C=O) groups is 1. The molecular formula is C18H23N5O. The average Bonchev–Trinajstić information content (AvgIpc) is 2.63.